The van der Waals surface area contributed by atoms with Crippen LogP contribution in [-0.2, 0) is 14.6 Å². The number of carbonyl (C=O) groups is 1. The molecule has 0 saturated heterocycles. The summed E-state index contributed by atoms with van der Waals surface area (Å²) in [6.45, 7) is 3.11. The number of sulfone groups is 1. The molecule has 0 aliphatic rings. The summed E-state index contributed by atoms with van der Waals surface area (Å²) < 4.78 is 23.7. The zero-order chi connectivity index (χ0) is 14.5. The van der Waals surface area contributed by atoms with Gasteiger partial charge in [0.1, 0.15) is 5.25 Å². The van der Waals surface area contributed by atoms with Gasteiger partial charge in [0.15, 0.2) is 9.84 Å². The first kappa shape index (κ1) is 15.7. The lowest BCUT2D eigenvalue weighted by Gasteiger charge is -2.12. The Labute approximate surface area is 118 Å². The maximum absolute atomic E-state index is 11.9. The van der Waals surface area contributed by atoms with E-state index in [1.165, 1.54) is 13.0 Å². The number of halogens is 1. The van der Waals surface area contributed by atoms with Crippen molar-refractivity contribution in [3.63, 3.8) is 0 Å². The van der Waals surface area contributed by atoms with Crippen LogP contribution in [-0.4, -0.2) is 25.3 Å². The molecule has 4 nitrogen and oxygen atoms in total. The van der Waals surface area contributed by atoms with Gasteiger partial charge in [-0.25, -0.2) is 8.42 Å². The number of benzene rings is 1. The molecule has 1 aromatic rings. The Bertz CT molecular complexity index is 564. The third-order valence-electron chi connectivity index (χ3n) is 2.58. The Balaban J connectivity index is 2.75. The van der Waals surface area contributed by atoms with Gasteiger partial charge in [0.25, 0.3) is 0 Å². The van der Waals surface area contributed by atoms with E-state index in [2.05, 4.69) is 5.32 Å². The normalized spacial score (nSPS) is 13.4. The van der Waals surface area contributed by atoms with Crippen LogP contribution in [0.1, 0.15) is 13.8 Å². The Morgan fingerprint density at radius 3 is 2.47 bits per heavy atom. The van der Waals surface area contributed by atoms with Crippen molar-refractivity contribution in [3.05, 3.63) is 41.4 Å². The van der Waals surface area contributed by atoms with Crippen LogP contribution in [0.15, 0.2) is 36.4 Å². The molecule has 0 radical (unpaired) electrons. The van der Waals surface area contributed by atoms with Gasteiger partial charge in [-0.1, -0.05) is 23.8 Å². The molecule has 0 fully saturated rings. The molecular weight excluding hydrogens is 286 g/mol. The molecule has 6 heteroatoms. The minimum Gasteiger partial charge on any atom is -0.325 e. The van der Waals surface area contributed by atoms with E-state index in [1.54, 1.807) is 37.3 Å². The maximum atomic E-state index is 11.9. The van der Waals surface area contributed by atoms with Crippen LogP contribution < -0.4 is 5.32 Å². The zero-order valence-corrected chi connectivity index (χ0v) is 12.3. The number of hydrogen-bond acceptors (Lipinski definition) is 3. The number of carbonyl (C=O) groups excluding carboxylic acids is 1. The van der Waals surface area contributed by atoms with E-state index >= 15 is 0 Å². The number of hydrogen-bond donors (Lipinski definition) is 1. The van der Waals surface area contributed by atoms with E-state index in [9.17, 15) is 13.2 Å². The molecule has 0 spiro atoms. The lowest BCUT2D eigenvalue weighted by Crippen LogP contribution is -2.33. The molecule has 0 saturated carbocycles. The van der Waals surface area contributed by atoms with Crippen molar-refractivity contribution >= 4 is 33.0 Å². The molecule has 1 unspecified atom stereocenters. The van der Waals surface area contributed by atoms with E-state index < -0.39 is 21.0 Å². The topological polar surface area (TPSA) is 63.2 Å². The van der Waals surface area contributed by atoms with Gasteiger partial charge in [-0.15, -0.1) is 0 Å². The van der Waals surface area contributed by atoms with Crippen LogP contribution in [0.25, 0.3) is 0 Å². The molecule has 0 aliphatic carbocycles. The molecule has 1 amide bonds. The predicted octanol–water partition coefficient (Wildman–Crippen LogP) is 2.66. The van der Waals surface area contributed by atoms with Crippen molar-refractivity contribution in [1.82, 2.24) is 0 Å². The van der Waals surface area contributed by atoms with Crippen molar-refractivity contribution in [2.75, 3.05) is 11.1 Å². The summed E-state index contributed by atoms with van der Waals surface area (Å²) in [6.07, 6.45) is 3.16. The molecule has 0 aromatic heterocycles. The van der Waals surface area contributed by atoms with Gasteiger partial charge in [-0.2, -0.15) is 0 Å². The third-order valence-corrected chi connectivity index (χ3v) is 4.78. The molecule has 0 aliphatic heterocycles. The van der Waals surface area contributed by atoms with Gasteiger partial charge in [0.05, 0.1) is 5.75 Å². The lowest BCUT2D eigenvalue weighted by atomic mass is 10.3. The summed E-state index contributed by atoms with van der Waals surface area (Å²) in [6, 6.07) is 6.48. The Morgan fingerprint density at radius 2 is 1.95 bits per heavy atom. The Hall–Kier alpha value is -1.33. The van der Waals surface area contributed by atoms with Crippen molar-refractivity contribution in [3.8, 4) is 0 Å². The predicted molar refractivity (Wildman–Crippen MR) is 78.1 cm³/mol. The van der Waals surface area contributed by atoms with Gasteiger partial charge < -0.3 is 5.32 Å². The van der Waals surface area contributed by atoms with Gasteiger partial charge in [-0.3, -0.25) is 4.79 Å². The fourth-order valence-corrected chi connectivity index (χ4v) is 2.58. The summed E-state index contributed by atoms with van der Waals surface area (Å²) in [5, 5.41) is 2.00. The molecule has 1 N–H and O–H groups in total. The van der Waals surface area contributed by atoms with Gasteiger partial charge in [0.2, 0.25) is 5.91 Å². The second kappa shape index (κ2) is 6.73. The number of nitrogens with one attached hydrogen (secondary N) is 1. The van der Waals surface area contributed by atoms with Crippen LogP contribution in [0.5, 0.6) is 0 Å². The second-order valence-electron chi connectivity index (χ2n) is 4.04. The number of rotatable bonds is 5. The molecule has 0 heterocycles. The van der Waals surface area contributed by atoms with Gasteiger partial charge in [-0.05, 0) is 38.1 Å². The van der Waals surface area contributed by atoms with Crippen LogP contribution in [0.3, 0.4) is 0 Å². The van der Waals surface area contributed by atoms with Crippen LogP contribution in [0, 0.1) is 0 Å². The molecule has 1 aromatic carbocycles. The first-order valence-electron chi connectivity index (χ1n) is 5.76. The highest BCUT2D eigenvalue weighted by Crippen LogP contribution is 2.14. The van der Waals surface area contributed by atoms with Crippen molar-refractivity contribution in [2.45, 2.75) is 19.1 Å². The molecule has 104 valence electrons. The SMILES string of the molecule is C/C=C/CS(=O)(=O)C(C)C(=O)Nc1ccc(Cl)cc1. The average Bonchev–Trinajstić information content (AvgIpc) is 2.38. The summed E-state index contributed by atoms with van der Waals surface area (Å²) >= 11 is 5.72. The van der Waals surface area contributed by atoms with E-state index in [0.29, 0.717) is 10.7 Å². The highest BCUT2D eigenvalue weighted by atomic mass is 35.5. The monoisotopic (exact) mass is 301 g/mol. The molecule has 19 heavy (non-hydrogen) atoms. The van der Waals surface area contributed by atoms with Gasteiger partial charge >= 0.3 is 0 Å². The maximum Gasteiger partial charge on any atom is 0.242 e. The van der Waals surface area contributed by atoms with Crippen molar-refractivity contribution in [2.24, 2.45) is 0 Å². The first-order chi connectivity index (χ1) is 8.86. The Morgan fingerprint density at radius 1 is 1.37 bits per heavy atom. The van der Waals surface area contributed by atoms with E-state index in [4.69, 9.17) is 11.6 Å². The minimum absolute atomic E-state index is 0.140. The largest absolute Gasteiger partial charge is 0.325 e. The molecule has 1 atom stereocenters. The van der Waals surface area contributed by atoms with Gasteiger partial charge in [0, 0.05) is 10.7 Å². The van der Waals surface area contributed by atoms with Crippen molar-refractivity contribution < 1.29 is 13.2 Å². The third kappa shape index (κ3) is 4.69. The van der Waals surface area contributed by atoms with E-state index in [-0.39, 0.29) is 5.75 Å². The van der Waals surface area contributed by atoms with E-state index in [0.717, 1.165) is 0 Å². The fourth-order valence-electron chi connectivity index (χ4n) is 1.31. The zero-order valence-electron chi connectivity index (χ0n) is 10.8. The van der Waals surface area contributed by atoms with Crippen LogP contribution >= 0.6 is 11.6 Å². The van der Waals surface area contributed by atoms with Crippen LogP contribution in [0.4, 0.5) is 5.69 Å². The number of amides is 1. The summed E-state index contributed by atoms with van der Waals surface area (Å²) in [4.78, 5) is 11.9. The van der Waals surface area contributed by atoms with Crippen molar-refractivity contribution in [1.29, 1.82) is 0 Å². The van der Waals surface area contributed by atoms with E-state index in [1.807, 2.05) is 0 Å². The minimum atomic E-state index is -3.47. The molecule has 1 rings (SSSR count). The first-order valence-corrected chi connectivity index (χ1v) is 7.85. The quantitative estimate of drug-likeness (QED) is 0.850. The summed E-state index contributed by atoms with van der Waals surface area (Å²) in [5.41, 5.74) is 0.516. The Kier molecular flexibility index (Phi) is 5.57. The standard InChI is InChI=1S/C13H16ClNO3S/c1-3-4-9-19(17,18)10(2)13(16)15-12-7-5-11(14)6-8-12/h3-8,10H,9H2,1-2H3,(H,15,16)/b4-3+. The summed E-state index contributed by atoms with van der Waals surface area (Å²) in [7, 11) is -3.47. The smallest absolute Gasteiger partial charge is 0.242 e. The molecule has 0 bridgehead atoms. The number of allylic oxidation sites excluding steroid dienone is 1. The second-order valence-corrected chi connectivity index (χ2v) is 6.84. The fraction of sp³-hybridized carbons (Fsp3) is 0.308. The highest BCUT2D eigenvalue weighted by molar-refractivity contribution is 7.92. The summed E-state index contributed by atoms with van der Waals surface area (Å²) in [5.74, 6) is -0.689. The average molecular weight is 302 g/mol. The highest BCUT2D eigenvalue weighted by Gasteiger charge is 2.26. The van der Waals surface area contributed by atoms with Crippen LogP contribution in [0.2, 0.25) is 5.02 Å². The molecular formula is C13H16ClNO3S. The lowest BCUT2D eigenvalue weighted by molar-refractivity contribution is -0.115. The number of anilines is 1.